The number of anilines is 2. The summed E-state index contributed by atoms with van der Waals surface area (Å²) in [5, 5.41) is 6.79. The monoisotopic (exact) mass is 386 g/mol. The first kappa shape index (κ1) is 18.1. The molecule has 0 atom stereocenters. The van der Waals surface area contributed by atoms with Gasteiger partial charge >= 0.3 is 0 Å². The minimum Gasteiger partial charge on any atom is -0.457 e. The lowest BCUT2D eigenvalue weighted by molar-refractivity contribution is -0.114. The second-order valence-electron chi connectivity index (χ2n) is 5.47. The quantitative estimate of drug-likeness (QED) is 0.559. The molecule has 0 aromatic heterocycles. The summed E-state index contributed by atoms with van der Waals surface area (Å²) in [5.74, 6) is 1.27. The van der Waals surface area contributed by atoms with Crippen molar-refractivity contribution in [3.8, 4) is 11.5 Å². The predicted molar refractivity (Wildman–Crippen MR) is 107 cm³/mol. The van der Waals surface area contributed by atoms with E-state index in [0.29, 0.717) is 27.2 Å². The highest BCUT2D eigenvalue weighted by Gasteiger charge is 2.06. The molecule has 0 aliphatic carbocycles. The number of hydrogen-bond donors (Lipinski definition) is 2. The SMILES string of the molecule is O=C(CNc1ccc(Cl)cc1Cl)Nc1ccc(Oc2ccccc2)cc1. The number of nitrogens with one attached hydrogen (secondary N) is 2. The second kappa shape index (κ2) is 8.61. The van der Waals surface area contributed by atoms with Gasteiger partial charge in [-0.05, 0) is 54.6 Å². The third kappa shape index (κ3) is 5.15. The summed E-state index contributed by atoms with van der Waals surface area (Å²) >= 11 is 11.9. The van der Waals surface area contributed by atoms with Crippen LogP contribution in [-0.4, -0.2) is 12.5 Å². The second-order valence-corrected chi connectivity index (χ2v) is 6.31. The summed E-state index contributed by atoms with van der Waals surface area (Å²) in [5.41, 5.74) is 1.33. The van der Waals surface area contributed by atoms with Crippen molar-refractivity contribution >= 4 is 40.5 Å². The third-order valence-electron chi connectivity index (χ3n) is 3.49. The Labute approximate surface area is 161 Å². The number of rotatable bonds is 6. The Morgan fingerprint density at radius 2 is 1.58 bits per heavy atom. The van der Waals surface area contributed by atoms with Crippen molar-refractivity contribution in [2.45, 2.75) is 0 Å². The Hall–Kier alpha value is -2.69. The maximum Gasteiger partial charge on any atom is 0.243 e. The normalized spacial score (nSPS) is 10.2. The lowest BCUT2D eigenvalue weighted by Gasteiger charge is -2.10. The molecule has 0 bridgehead atoms. The molecule has 3 rings (SSSR count). The van der Waals surface area contributed by atoms with Gasteiger partial charge in [0.15, 0.2) is 0 Å². The fourth-order valence-corrected chi connectivity index (χ4v) is 2.72. The van der Waals surface area contributed by atoms with Crippen molar-refractivity contribution in [3.05, 3.63) is 82.8 Å². The Bertz CT molecular complexity index is 884. The maximum absolute atomic E-state index is 12.1. The minimum atomic E-state index is -0.187. The molecule has 0 radical (unpaired) electrons. The minimum absolute atomic E-state index is 0.0869. The number of hydrogen-bond acceptors (Lipinski definition) is 3. The smallest absolute Gasteiger partial charge is 0.243 e. The van der Waals surface area contributed by atoms with Crippen molar-refractivity contribution in [1.29, 1.82) is 0 Å². The molecule has 0 spiro atoms. The molecule has 0 aliphatic heterocycles. The van der Waals surface area contributed by atoms with Crippen LogP contribution in [0.3, 0.4) is 0 Å². The van der Waals surface area contributed by atoms with Crippen LogP contribution < -0.4 is 15.4 Å². The molecule has 4 nitrogen and oxygen atoms in total. The Balaban J connectivity index is 1.52. The molecule has 132 valence electrons. The van der Waals surface area contributed by atoms with Crippen molar-refractivity contribution in [2.75, 3.05) is 17.2 Å². The fourth-order valence-electron chi connectivity index (χ4n) is 2.24. The molecule has 0 fully saturated rings. The van der Waals surface area contributed by atoms with Gasteiger partial charge in [0, 0.05) is 10.7 Å². The number of amides is 1. The van der Waals surface area contributed by atoms with E-state index < -0.39 is 0 Å². The van der Waals surface area contributed by atoms with E-state index in [1.165, 1.54) is 0 Å². The first-order valence-corrected chi connectivity index (χ1v) is 8.67. The average molecular weight is 387 g/mol. The summed E-state index contributed by atoms with van der Waals surface area (Å²) in [4.78, 5) is 12.1. The van der Waals surface area contributed by atoms with Gasteiger partial charge < -0.3 is 15.4 Å². The van der Waals surface area contributed by atoms with Crippen LogP contribution in [0.4, 0.5) is 11.4 Å². The van der Waals surface area contributed by atoms with Crippen molar-refractivity contribution < 1.29 is 9.53 Å². The van der Waals surface area contributed by atoms with Crippen LogP contribution in [-0.2, 0) is 4.79 Å². The number of halogens is 2. The molecule has 0 saturated heterocycles. The lowest BCUT2D eigenvalue weighted by atomic mass is 10.3. The predicted octanol–water partition coefficient (Wildman–Crippen LogP) is 5.84. The van der Waals surface area contributed by atoms with E-state index >= 15 is 0 Å². The highest BCUT2D eigenvalue weighted by molar-refractivity contribution is 6.36. The van der Waals surface area contributed by atoms with Crippen LogP contribution in [0, 0.1) is 0 Å². The van der Waals surface area contributed by atoms with Crippen LogP contribution in [0.5, 0.6) is 11.5 Å². The number of carbonyl (C=O) groups excluding carboxylic acids is 1. The van der Waals surface area contributed by atoms with E-state index in [4.69, 9.17) is 27.9 Å². The lowest BCUT2D eigenvalue weighted by Crippen LogP contribution is -2.21. The van der Waals surface area contributed by atoms with Gasteiger partial charge in [-0.2, -0.15) is 0 Å². The third-order valence-corrected chi connectivity index (χ3v) is 4.04. The number of ether oxygens (including phenoxy) is 1. The highest BCUT2D eigenvalue weighted by atomic mass is 35.5. The topological polar surface area (TPSA) is 50.4 Å². The van der Waals surface area contributed by atoms with Crippen LogP contribution in [0.1, 0.15) is 0 Å². The zero-order valence-corrected chi connectivity index (χ0v) is 15.2. The van der Waals surface area contributed by atoms with E-state index in [1.807, 2.05) is 30.3 Å². The fraction of sp³-hybridized carbons (Fsp3) is 0.0500. The maximum atomic E-state index is 12.1. The summed E-state index contributed by atoms with van der Waals surface area (Å²) in [6.07, 6.45) is 0. The molecule has 2 N–H and O–H groups in total. The Morgan fingerprint density at radius 3 is 2.27 bits per heavy atom. The molecule has 1 amide bonds. The van der Waals surface area contributed by atoms with Crippen molar-refractivity contribution in [2.24, 2.45) is 0 Å². The van der Waals surface area contributed by atoms with Gasteiger partial charge in [0.1, 0.15) is 11.5 Å². The van der Waals surface area contributed by atoms with Gasteiger partial charge in [0.2, 0.25) is 5.91 Å². The molecule has 3 aromatic carbocycles. The van der Waals surface area contributed by atoms with E-state index in [0.717, 1.165) is 5.75 Å². The van der Waals surface area contributed by atoms with Crippen molar-refractivity contribution in [3.63, 3.8) is 0 Å². The molecule has 3 aromatic rings. The van der Waals surface area contributed by atoms with Crippen LogP contribution >= 0.6 is 23.2 Å². The molecule has 0 aliphatic rings. The van der Waals surface area contributed by atoms with Crippen LogP contribution in [0.15, 0.2) is 72.8 Å². The Kier molecular flexibility index (Phi) is 6.00. The largest absolute Gasteiger partial charge is 0.457 e. The van der Waals surface area contributed by atoms with E-state index in [-0.39, 0.29) is 12.5 Å². The zero-order chi connectivity index (χ0) is 18.4. The molecule has 6 heteroatoms. The van der Waals surface area contributed by atoms with Gasteiger partial charge in [-0.25, -0.2) is 0 Å². The first-order valence-electron chi connectivity index (χ1n) is 7.92. The van der Waals surface area contributed by atoms with E-state index in [9.17, 15) is 4.79 Å². The van der Waals surface area contributed by atoms with Gasteiger partial charge in [0.05, 0.1) is 17.3 Å². The molecule has 26 heavy (non-hydrogen) atoms. The van der Waals surface area contributed by atoms with Crippen LogP contribution in [0.25, 0.3) is 0 Å². The van der Waals surface area contributed by atoms with Crippen molar-refractivity contribution in [1.82, 2.24) is 0 Å². The zero-order valence-electron chi connectivity index (χ0n) is 13.7. The summed E-state index contributed by atoms with van der Waals surface area (Å²) in [6.45, 7) is 0.0869. The highest BCUT2D eigenvalue weighted by Crippen LogP contribution is 2.25. The van der Waals surface area contributed by atoms with Gasteiger partial charge in [-0.3, -0.25) is 4.79 Å². The summed E-state index contributed by atoms with van der Waals surface area (Å²) in [6, 6.07) is 21.7. The number of benzene rings is 3. The Morgan fingerprint density at radius 1 is 0.885 bits per heavy atom. The molecule has 0 saturated carbocycles. The average Bonchev–Trinajstić information content (AvgIpc) is 2.63. The number of para-hydroxylation sites is 1. The van der Waals surface area contributed by atoms with Gasteiger partial charge in [0.25, 0.3) is 0 Å². The molecular formula is C20H16Cl2N2O2. The molecule has 0 unspecified atom stereocenters. The molecule has 0 heterocycles. The van der Waals surface area contributed by atoms with Gasteiger partial charge in [-0.15, -0.1) is 0 Å². The van der Waals surface area contributed by atoms with E-state index in [1.54, 1.807) is 42.5 Å². The summed E-state index contributed by atoms with van der Waals surface area (Å²) < 4.78 is 5.72. The first-order chi connectivity index (χ1) is 12.6. The van der Waals surface area contributed by atoms with E-state index in [2.05, 4.69) is 10.6 Å². The molecular weight excluding hydrogens is 371 g/mol. The number of carbonyl (C=O) groups is 1. The van der Waals surface area contributed by atoms with Crippen LogP contribution in [0.2, 0.25) is 10.0 Å². The standard InChI is InChI=1S/C20H16Cl2N2O2/c21-14-6-11-19(18(22)12-14)23-13-20(25)24-15-7-9-17(10-8-15)26-16-4-2-1-3-5-16/h1-12,23H,13H2,(H,24,25). The summed E-state index contributed by atoms with van der Waals surface area (Å²) in [7, 11) is 0. The van der Waals surface area contributed by atoms with Gasteiger partial charge in [-0.1, -0.05) is 41.4 Å².